The number of carbonyl (C=O) groups is 2. The van der Waals surface area contributed by atoms with E-state index in [2.05, 4.69) is 45.1 Å². The van der Waals surface area contributed by atoms with Crippen molar-refractivity contribution in [2.45, 2.75) is 162 Å². The average molecular weight is 568 g/mol. The second-order valence-electron chi connectivity index (χ2n) is 13.8. The van der Waals surface area contributed by atoms with E-state index < -0.39 is 31.9 Å². The summed E-state index contributed by atoms with van der Waals surface area (Å²) in [5, 5.41) is 13.9. The first-order valence-electron chi connectivity index (χ1n) is 15.2. The molecule has 7 heteroatoms. The lowest BCUT2D eigenvalue weighted by Gasteiger charge is -2.42. The molecule has 0 heterocycles. The van der Waals surface area contributed by atoms with Crippen LogP contribution in [0, 0.1) is 24.2 Å². The van der Waals surface area contributed by atoms with E-state index in [1.165, 1.54) is 38.5 Å². The fraction of sp³-hybridized carbons (Fsp3) is 0.875. The minimum absolute atomic E-state index is 0.0482. The molecule has 0 aliphatic heterocycles. The van der Waals surface area contributed by atoms with Crippen molar-refractivity contribution in [3.05, 3.63) is 0 Å². The van der Waals surface area contributed by atoms with Crippen molar-refractivity contribution in [3.8, 4) is 12.3 Å². The third-order valence-electron chi connectivity index (χ3n) is 7.94. The quantitative estimate of drug-likeness (QED) is 0.0735. The van der Waals surface area contributed by atoms with Crippen LogP contribution in [0.3, 0.4) is 0 Å². The van der Waals surface area contributed by atoms with Crippen LogP contribution < -0.4 is 5.32 Å². The molecule has 0 aromatic rings. The summed E-state index contributed by atoms with van der Waals surface area (Å²) in [6, 6.07) is 0. The van der Waals surface area contributed by atoms with Crippen LogP contribution in [0.4, 0.5) is 0 Å². The minimum atomic E-state index is -2.08. The fourth-order valence-electron chi connectivity index (χ4n) is 4.32. The second kappa shape index (κ2) is 18.1. The second-order valence-corrected chi connectivity index (χ2v) is 18.5. The normalized spacial score (nSPS) is 15.6. The van der Waals surface area contributed by atoms with Gasteiger partial charge in [-0.2, -0.15) is 0 Å². The molecule has 0 aromatic carbocycles. The van der Waals surface area contributed by atoms with Gasteiger partial charge in [-0.1, -0.05) is 86.0 Å². The molecule has 2 N–H and O–H groups in total. The van der Waals surface area contributed by atoms with Crippen LogP contribution in [0.5, 0.6) is 0 Å². The van der Waals surface area contributed by atoms with Gasteiger partial charge >= 0.3 is 5.97 Å². The van der Waals surface area contributed by atoms with Gasteiger partial charge in [-0.05, 0) is 51.7 Å². The molecule has 228 valence electrons. The van der Waals surface area contributed by atoms with Crippen LogP contribution in [0.25, 0.3) is 0 Å². The zero-order valence-electron chi connectivity index (χ0n) is 27.0. The number of rotatable bonds is 19. The van der Waals surface area contributed by atoms with Gasteiger partial charge in [0, 0.05) is 12.3 Å². The number of ether oxygens (including phenoxy) is 1. The summed E-state index contributed by atoms with van der Waals surface area (Å²) >= 11 is 0. The summed E-state index contributed by atoms with van der Waals surface area (Å²) in [4.78, 5) is 24.8. The van der Waals surface area contributed by atoms with Gasteiger partial charge in [0.15, 0.2) is 8.32 Å². The van der Waals surface area contributed by atoms with Gasteiger partial charge in [0.2, 0.25) is 5.91 Å². The molecular formula is C32H61NO5Si. The highest BCUT2D eigenvalue weighted by molar-refractivity contribution is 6.74. The van der Waals surface area contributed by atoms with E-state index in [0.29, 0.717) is 0 Å². The molecule has 0 aromatic heterocycles. The maximum Gasteiger partial charge on any atom is 0.325 e. The third-order valence-corrected chi connectivity index (χ3v) is 12.4. The van der Waals surface area contributed by atoms with Crippen molar-refractivity contribution in [1.29, 1.82) is 0 Å². The third kappa shape index (κ3) is 16.5. The van der Waals surface area contributed by atoms with E-state index in [9.17, 15) is 14.7 Å². The maximum atomic E-state index is 12.8. The summed E-state index contributed by atoms with van der Waals surface area (Å²) in [5.74, 6) is 0.968. The van der Waals surface area contributed by atoms with Crippen LogP contribution in [-0.2, 0) is 18.8 Å². The Morgan fingerprint density at radius 3 is 1.85 bits per heavy atom. The van der Waals surface area contributed by atoms with Gasteiger partial charge in [-0.3, -0.25) is 9.59 Å². The monoisotopic (exact) mass is 567 g/mol. The summed E-state index contributed by atoms with van der Waals surface area (Å²) in [6.45, 7) is 20.0. The lowest BCUT2D eigenvalue weighted by Crippen LogP contribution is -2.49. The van der Waals surface area contributed by atoms with E-state index in [4.69, 9.17) is 15.6 Å². The molecule has 0 saturated carbocycles. The Bertz CT molecular complexity index is 747. The summed E-state index contributed by atoms with van der Waals surface area (Å²) in [6.07, 6.45) is 16.9. The number of carbonyl (C=O) groups excluding carboxylic acids is 2. The first kappa shape index (κ1) is 37.6. The number of terminal acetylenes is 1. The number of amides is 1. The molecule has 39 heavy (non-hydrogen) atoms. The number of unbranched alkanes of at least 4 members (excludes halogenated alkanes) is 9. The van der Waals surface area contributed by atoms with Gasteiger partial charge in [0.25, 0.3) is 0 Å². The average Bonchev–Trinajstić information content (AvgIpc) is 2.81. The fourth-order valence-corrected chi connectivity index (χ4v) is 5.77. The molecule has 1 amide bonds. The van der Waals surface area contributed by atoms with Crippen molar-refractivity contribution in [3.63, 3.8) is 0 Å². The highest BCUT2D eigenvalue weighted by Crippen LogP contribution is 2.39. The lowest BCUT2D eigenvalue weighted by molar-refractivity contribution is -0.155. The molecule has 0 bridgehead atoms. The molecule has 0 rings (SSSR count). The number of hydrogen-bond donors (Lipinski definition) is 2. The first-order valence-corrected chi connectivity index (χ1v) is 18.1. The summed E-state index contributed by atoms with van der Waals surface area (Å²) in [5.41, 5.74) is -0.613. The topological polar surface area (TPSA) is 84.9 Å². The zero-order chi connectivity index (χ0) is 30.3. The predicted molar refractivity (Wildman–Crippen MR) is 165 cm³/mol. The van der Waals surface area contributed by atoms with E-state index in [-0.39, 0.29) is 29.5 Å². The Balaban J connectivity index is 4.95. The van der Waals surface area contributed by atoms with Gasteiger partial charge in [0.05, 0.1) is 18.1 Å². The molecule has 0 spiro atoms. The van der Waals surface area contributed by atoms with Gasteiger partial charge < -0.3 is 19.6 Å². The molecule has 0 aliphatic rings. The Kier molecular flexibility index (Phi) is 17.5. The standard InChI is InChI=1S/C32H61NO5Si/c1-12-13-14-15-16-17-18-19-20-21-22-23-27(38-39(10,11)32(7,8)9)25(2)29(35)26(3)30(36)33-24-28(34)37-31(4,5)6/h1,25-27,29,35H,13-24H2,2-11H3,(H,33,36)/t25-,26+,27-,29-/m0/s1. The van der Waals surface area contributed by atoms with E-state index in [1.54, 1.807) is 27.7 Å². The number of esters is 1. The number of nitrogens with one attached hydrogen (secondary N) is 1. The van der Waals surface area contributed by atoms with Crippen LogP contribution in [0.1, 0.15) is 126 Å². The SMILES string of the molecule is C#CCCCCCCCCCCC[C@H](O[Si](C)(C)C(C)(C)C)[C@H](C)[C@H](O)[C@@H](C)C(=O)NCC(=O)OC(C)(C)C. The van der Waals surface area contributed by atoms with Crippen molar-refractivity contribution in [2.75, 3.05) is 6.54 Å². The minimum Gasteiger partial charge on any atom is -0.459 e. The number of hydrogen-bond acceptors (Lipinski definition) is 5. The van der Waals surface area contributed by atoms with E-state index in [1.807, 2.05) is 6.92 Å². The maximum absolute atomic E-state index is 12.8. The van der Waals surface area contributed by atoms with Gasteiger partial charge in [0.1, 0.15) is 12.1 Å². The molecule has 6 nitrogen and oxygen atoms in total. The lowest BCUT2D eigenvalue weighted by atomic mass is 9.86. The van der Waals surface area contributed by atoms with Crippen LogP contribution in [0.15, 0.2) is 0 Å². The molecule has 0 unspecified atom stereocenters. The zero-order valence-corrected chi connectivity index (χ0v) is 28.0. The highest BCUT2D eigenvalue weighted by Gasteiger charge is 2.42. The van der Waals surface area contributed by atoms with Crippen molar-refractivity contribution in [2.24, 2.45) is 11.8 Å². The van der Waals surface area contributed by atoms with Gasteiger partial charge in [-0.15, -0.1) is 12.3 Å². The molecule has 0 aliphatic carbocycles. The highest BCUT2D eigenvalue weighted by atomic mass is 28.4. The van der Waals surface area contributed by atoms with Crippen LogP contribution in [0.2, 0.25) is 18.1 Å². The first-order chi connectivity index (χ1) is 17.9. The van der Waals surface area contributed by atoms with Crippen LogP contribution >= 0.6 is 0 Å². The Morgan fingerprint density at radius 1 is 0.897 bits per heavy atom. The summed E-state index contributed by atoms with van der Waals surface area (Å²) < 4.78 is 12.1. The molecule has 0 fully saturated rings. The molecular weight excluding hydrogens is 506 g/mol. The number of aliphatic hydroxyl groups excluding tert-OH is 1. The predicted octanol–water partition coefficient (Wildman–Crippen LogP) is 7.39. The number of aliphatic hydroxyl groups is 1. The van der Waals surface area contributed by atoms with Crippen molar-refractivity contribution in [1.82, 2.24) is 5.32 Å². The van der Waals surface area contributed by atoms with E-state index >= 15 is 0 Å². The van der Waals surface area contributed by atoms with Crippen molar-refractivity contribution >= 4 is 20.2 Å². The molecule has 4 atom stereocenters. The largest absolute Gasteiger partial charge is 0.459 e. The summed E-state index contributed by atoms with van der Waals surface area (Å²) in [7, 11) is -2.08. The Hall–Kier alpha value is -1.36. The van der Waals surface area contributed by atoms with Gasteiger partial charge in [-0.25, -0.2) is 0 Å². The smallest absolute Gasteiger partial charge is 0.325 e. The Labute approximate surface area is 241 Å². The van der Waals surface area contributed by atoms with E-state index in [0.717, 1.165) is 32.1 Å². The Morgan fingerprint density at radius 2 is 1.38 bits per heavy atom. The van der Waals surface area contributed by atoms with Crippen LogP contribution in [-0.4, -0.2) is 49.7 Å². The molecule has 0 saturated heterocycles. The van der Waals surface area contributed by atoms with Crippen molar-refractivity contribution < 1.29 is 23.9 Å². The molecule has 0 radical (unpaired) electrons.